The van der Waals surface area contributed by atoms with Crippen LogP contribution in [-0.2, 0) is 11.3 Å². The summed E-state index contributed by atoms with van der Waals surface area (Å²) >= 11 is 0. The highest BCUT2D eigenvalue weighted by atomic mass is 16.3. The van der Waals surface area contributed by atoms with Crippen LogP contribution in [-0.4, -0.2) is 24.4 Å². The van der Waals surface area contributed by atoms with Gasteiger partial charge in [0, 0.05) is 19.4 Å². The molecule has 19 heavy (non-hydrogen) atoms. The number of nitrogens with zero attached hydrogens (tertiary/aromatic N) is 1. The van der Waals surface area contributed by atoms with Crippen LogP contribution < -0.4 is 5.73 Å². The Hall–Kier alpha value is -1.29. The van der Waals surface area contributed by atoms with E-state index in [0.29, 0.717) is 25.4 Å². The van der Waals surface area contributed by atoms with Crippen LogP contribution >= 0.6 is 0 Å². The maximum Gasteiger partial charge on any atom is 0.223 e. The van der Waals surface area contributed by atoms with E-state index in [0.717, 1.165) is 17.4 Å². The van der Waals surface area contributed by atoms with Crippen molar-refractivity contribution in [2.24, 2.45) is 17.6 Å². The Morgan fingerprint density at radius 1 is 1.58 bits per heavy atom. The van der Waals surface area contributed by atoms with Crippen LogP contribution in [0.25, 0.3) is 0 Å². The fourth-order valence-electron chi connectivity index (χ4n) is 2.26. The molecule has 3 unspecified atom stereocenters. The van der Waals surface area contributed by atoms with Crippen LogP contribution in [0.3, 0.4) is 0 Å². The number of carbonyl (C=O) groups excluding carboxylic acids is 1. The Morgan fingerprint density at radius 2 is 2.26 bits per heavy atom. The summed E-state index contributed by atoms with van der Waals surface area (Å²) in [6.07, 6.45) is 1.72. The highest BCUT2D eigenvalue weighted by molar-refractivity contribution is 5.76. The summed E-state index contributed by atoms with van der Waals surface area (Å²) in [5.41, 5.74) is 5.54. The van der Waals surface area contributed by atoms with Crippen LogP contribution in [0.15, 0.2) is 16.5 Å². The first-order valence-electron chi connectivity index (χ1n) is 7.04. The van der Waals surface area contributed by atoms with Gasteiger partial charge >= 0.3 is 0 Å². The maximum absolute atomic E-state index is 12.0. The Balaban J connectivity index is 1.86. The summed E-state index contributed by atoms with van der Waals surface area (Å²) in [6, 6.07) is 4.03. The van der Waals surface area contributed by atoms with Gasteiger partial charge in [0.1, 0.15) is 11.5 Å². The largest absolute Gasteiger partial charge is 0.464 e. The molecule has 4 nitrogen and oxygen atoms in total. The molecule has 1 amide bonds. The van der Waals surface area contributed by atoms with Crippen molar-refractivity contribution in [1.82, 2.24) is 4.90 Å². The molecule has 1 aliphatic rings. The molecule has 0 aromatic carbocycles. The van der Waals surface area contributed by atoms with Crippen molar-refractivity contribution >= 4 is 5.91 Å². The molecular weight excluding hydrogens is 240 g/mol. The maximum atomic E-state index is 12.0. The van der Waals surface area contributed by atoms with Gasteiger partial charge in [0.05, 0.1) is 6.54 Å². The molecule has 1 saturated carbocycles. The van der Waals surface area contributed by atoms with E-state index in [1.807, 2.05) is 26.1 Å². The Morgan fingerprint density at radius 3 is 2.84 bits per heavy atom. The molecule has 0 radical (unpaired) electrons. The zero-order chi connectivity index (χ0) is 14.0. The molecule has 0 aliphatic heterocycles. The molecule has 1 aromatic rings. The Labute approximate surface area is 114 Å². The number of carbonyl (C=O) groups is 1. The number of furan rings is 1. The first-order valence-corrected chi connectivity index (χ1v) is 7.04. The second-order valence-corrected chi connectivity index (χ2v) is 5.92. The third-order valence-electron chi connectivity index (χ3n) is 3.90. The van der Waals surface area contributed by atoms with Crippen molar-refractivity contribution in [1.29, 1.82) is 0 Å². The van der Waals surface area contributed by atoms with Gasteiger partial charge in [0.15, 0.2) is 0 Å². The van der Waals surface area contributed by atoms with E-state index >= 15 is 0 Å². The molecular formula is C15H24N2O2. The van der Waals surface area contributed by atoms with Crippen LogP contribution in [0.5, 0.6) is 0 Å². The minimum absolute atomic E-state index is 0.121. The molecule has 2 N–H and O–H groups in total. The predicted octanol–water partition coefficient (Wildman–Crippen LogP) is 2.35. The van der Waals surface area contributed by atoms with Crippen molar-refractivity contribution in [2.45, 2.75) is 39.2 Å². The van der Waals surface area contributed by atoms with Gasteiger partial charge in [-0.25, -0.2) is 0 Å². The average molecular weight is 264 g/mol. The molecule has 0 bridgehead atoms. The van der Waals surface area contributed by atoms with Gasteiger partial charge in [-0.05, 0) is 36.9 Å². The molecule has 3 atom stereocenters. The van der Waals surface area contributed by atoms with E-state index < -0.39 is 0 Å². The lowest BCUT2D eigenvalue weighted by Crippen LogP contribution is -2.29. The molecule has 1 heterocycles. The lowest BCUT2D eigenvalue weighted by molar-refractivity contribution is -0.131. The molecule has 1 aromatic heterocycles. The molecule has 1 aliphatic carbocycles. The number of rotatable bonds is 6. The minimum Gasteiger partial charge on any atom is -0.464 e. The Kier molecular flexibility index (Phi) is 4.30. The first kappa shape index (κ1) is 14.1. The van der Waals surface area contributed by atoms with Crippen LogP contribution in [0.1, 0.15) is 44.1 Å². The summed E-state index contributed by atoms with van der Waals surface area (Å²) in [6.45, 7) is 5.31. The second kappa shape index (κ2) is 5.78. The third kappa shape index (κ3) is 3.60. The van der Waals surface area contributed by atoms with Crippen molar-refractivity contribution < 1.29 is 9.21 Å². The first-order chi connectivity index (χ1) is 9.01. The number of hydrogen-bond acceptors (Lipinski definition) is 3. The lowest BCUT2D eigenvalue weighted by Gasteiger charge is -2.17. The lowest BCUT2D eigenvalue weighted by atomic mass is 10.1. The fraction of sp³-hybridized carbons (Fsp3) is 0.667. The van der Waals surface area contributed by atoms with Gasteiger partial charge in [-0.15, -0.1) is 0 Å². The normalized spacial score (nSPS) is 23.2. The number of hydrogen-bond donors (Lipinski definition) is 1. The van der Waals surface area contributed by atoms with Crippen molar-refractivity contribution in [3.63, 3.8) is 0 Å². The summed E-state index contributed by atoms with van der Waals surface area (Å²) in [5, 5.41) is 0. The SMILES string of the molecule is CC(CN)CC(=O)N(C)Cc1ccc(C2CC2C)o1. The standard InChI is InChI=1S/C15H24N2O2/c1-10(8-16)6-15(18)17(3)9-12-4-5-14(19-12)13-7-11(13)2/h4-5,10-11,13H,6-9,16H2,1-3H3. The van der Waals surface area contributed by atoms with Gasteiger partial charge in [0.25, 0.3) is 0 Å². The summed E-state index contributed by atoms with van der Waals surface area (Å²) in [7, 11) is 1.81. The monoisotopic (exact) mass is 264 g/mol. The van der Waals surface area contributed by atoms with Gasteiger partial charge < -0.3 is 15.1 Å². The number of amides is 1. The van der Waals surface area contributed by atoms with E-state index in [9.17, 15) is 4.79 Å². The number of nitrogens with two attached hydrogens (primary N) is 1. The van der Waals surface area contributed by atoms with E-state index in [4.69, 9.17) is 10.2 Å². The van der Waals surface area contributed by atoms with Crippen molar-refractivity contribution in [2.75, 3.05) is 13.6 Å². The molecule has 1 fully saturated rings. The minimum atomic E-state index is 0.121. The molecule has 2 rings (SSSR count). The molecule has 0 saturated heterocycles. The van der Waals surface area contributed by atoms with Gasteiger partial charge in [-0.2, -0.15) is 0 Å². The summed E-state index contributed by atoms with van der Waals surface area (Å²) in [4.78, 5) is 13.7. The van der Waals surface area contributed by atoms with Crippen molar-refractivity contribution in [3.05, 3.63) is 23.7 Å². The van der Waals surface area contributed by atoms with E-state index in [-0.39, 0.29) is 11.8 Å². The van der Waals surface area contributed by atoms with E-state index in [2.05, 4.69) is 6.92 Å². The highest BCUT2D eigenvalue weighted by Gasteiger charge is 2.36. The predicted molar refractivity (Wildman–Crippen MR) is 74.5 cm³/mol. The topological polar surface area (TPSA) is 59.5 Å². The highest BCUT2D eigenvalue weighted by Crippen LogP contribution is 2.47. The summed E-state index contributed by atoms with van der Waals surface area (Å²) < 4.78 is 5.81. The van der Waals surface area contributed by atoms with Gasteiger partial charge in [-0.1, -0.05) is 13.8 Å². The molecule has 4 heteroatoms. The zero-order valence-electron chi connectivity index (χ0n) is 12.1. The molecule has 0 spiro atoms. The summed E-state index contributed by atoms with van der Waals surface area (Å²) in [5.74, 6) is 3.62. The van der Waals surface area contributed by atoms with Gasteiger partial charge in [-0.3, -0.25) is 4.79 Å². The smallest absolute Gasteiger partial charge is 0.223 e. The van der Waals surface area contributed by atoms with Gasteiger partial charge in [0.2, 0.25) is 5.91 Å². The quantitative estimate of drug-likeness (QED) is 0.858. The van der Waals surface area contributed by atoms with Crippen LogP contribution in [0, 0.1) is 11.8 Å². The van der Waals surface area contributed by atoms with Crippen LogP contribution in [0.4, 0.5) is 0 Å². The molecule has 106 valence electrons. The third-order valence-corrected chi connectivity index (χ3v) is 3.90. The van der Waals surface area contributed by atoms with Crippen molar-refractivity contribution in [3.8, 4) is 0 Å². The van der Waals surface area contributed by atoms with E-state index in [1.165, 1.54) is 6.42 Å². The average Bonchev–Trinajstić information content (AvgIpc) is 2.92. The fourth-order valence-corrected chi connectivity index (χ4v) is 2.26. The Bertz CT molecular complexity index is 441. The zero-order valence-corrected chi connectivity index (χ0v) is 12.1. The van der Waals surface area contributed by atoms with Crippen LogP contribution in [0.2, 0.25) is 0 Å². The second-order valence-electron chi connectivity index (χ2n) is 5.92. The van der Waals surface area contributed by atoms with E-state index in [1.54, 1.807) is 4.90 Å².